The van der Waals surface area contributed by atoms with Crippen LogP contribution >= 0.6 is 15.9 Å². The number of aromatic nitrogens is 2. The molecule has 0 saturated carbocycles. The summed E-state index contributed by atoms with van der Waals surface area (Å²) in [7, 11) is 0. The first-order valence-electron chi connectivity index (χ1n) is 8.76. The first kappa shape index (κ1) is 19.9. The van der Waals surface area contributed by atoms with Gasteiger partial charge in [0.25, 0.3) is 5.56 Å². The summed E-state index contributed by atoms with van der Waals surface area (Å²) in [4.78, 5) is 28.9. The molecule has 1 heterocycles. The third-order valence-electron chi connectivity index (χ3n) is 4.35. The molecule has 0 aliphatic rings. The van der Waals surface area contributed by atoms with E-state index in [0.29, 0.717) is 6.54 Å². The van der Waals surface area contributed by atoms with Gasteiger partial charge in [-0.1, -0.05) is 58.4 Å². The molecule has 0 amide bonds. The van der Waals surface area contributed by atoms with Gasteiger partial charge in [0.05, 0.1) is 13.2 Å². The van der Waals surface area contributed by atoms with Crippen molar-refractivity contribution in [2.45, 2.75) is 13.1 Å². The topological polar surface area (TPSA) is 104 Å². The van der Waals surface area contributed by atoms with Crippen LogP contribution < -0.4 is 21.9 Å². The van der Waals surface area contributed by atoms with E-state index < -0.39 is 11.2 Å². The van der Waals surface area contributed by atoms with Gasteiger partial charge in [0, 0.05) is 17.6 Å². The highest BCUT2D eigenvalue weighted by Gasteiger charge is 2.19. The van der Waals surface area contributed by atoms with E-state index in [1.165, 1.54) is 4.57 Å². The number of hydrogen-bond donors (Lipinski definition) is 3. The Morgan fingerprint density at radius 1 is 1.07 bits per heavy atom. The van der Waals surface area contributed by atoms with Crippen LogP contribution in [0.2, 0.25) is 0 Å². The van der Waals surface area contributed by atoms with Crippen LogP contribution in [0.1, 0.15) is 11.1 Å². The Balaban J connectivity index is 2.03. The van der Waals surface area contributed by atoms with Gasteiger partial charge in [-0.25, -0.2) is 4.79 Å². The van der Waals surface area contributed by atoms with E-state index in [4.69, 9.17) is 5.73 Å². The molecule has 0 spiro atoms. The highest BCUT2D eigenvalue weighted by atomic mass is 79.9. The fourth-order valence-electron chi connectivity index (χ4n) is 3.05. The van der Waals surface area contributed by atoms with Crippen molar-refractivity contribution in [3.8, 4) is 0 Å². The van der Waals surface area contributed by atoms with Gasteiger partial charge in [0.2, 0.25) is 0 Å². The predicted octanol–water partition coefficient (Wildman–Crippen LogP) is 1.93. The molecule has 0 aliphatic carbocycles. The second-order valence-corrected chi connectivity index (χ2v) is 7.26. The maximum Gasteiger partial charge on any atom is 0.330 e. The molecule has 28 heavy (non-hydrogen) atoms. The number of aliphatic hydroxyl groups is 1. The van der Waals surface area contributed by atoms with Crippen molar-refractivity contribution in [3.05, 3.63) is 91.0 Å². The van der Waals surface area contributed by atoms with E-state index in [0.717, 1.165) is 15.6 Å². The maximum atomic E-state index is 12.6. The number of benzene rings is 2. The van der Waals surface area contributed by atoms with Crippen LogP contribution in [0.3, 0.4) is 0 Å². The highest BCUT2D eigenvalue weighted by molar-refractivity contribution is 9.10. The Hall–Kier alpha value is -2.84. The minimum absolute atomic E-state index is 0.0704. The number of H-pyrrole nitrogens is 1. The van der Waals surface area contributed by atoms with Crippen LogP contribution in [0.15, 0.2) is 68.7 Å². The molecule has 0 bridgehead atoms. The smallest absolute Gasteiger partial charge is 0.330 e. The first-order valence-corrected chi connectivity index (χ1v) is 9.55. The van der Waals surface area contributed by atoms with Gasteiger partial charge in [0.15, 0.2) is 0 Å². The molecule has 0 fully saturated rings. The lowest BCUT2D eigenvalue weighted by Gasteiger charge is -2.25. The molecule has 4 N–H and O–H groups in total. The molecule has 3 rings (SSSR count). The third-order valence-corrected chi connectivity index (χ3v) is 4.84. The molecule has 0 atom stereocenters. The predicted molar refractivity (Wildman–Crippen MR) is 114 cm³/mol. The summed E-state index contributed by atoms with van der Waals surface area (Å²) >= 11 is 3.43. The zero-order valence-corrected chi connectivity index (χ0v) is 16.7. The molecule has 8 heteroatoms. The minimum atomic E-state index is -0.574. The van der Waals surface area contributed by atoms with Crippen molar-refractivity contribution in [3.63, 3.8) is 0 Å². The van der Waals surface area contributed by atoms with Gasteiger partial charge in [-0.2, -0.15) is 0 Å². The average molecular weight is 445 g/mol. The normalized spacial score (nSPS) is 10.8. The van der Waals surface area contributed by atoms with Gasteiger partial charge in [0.1, 0.15) is 11.5 Å². The summed E-state index contributed by atoms with van der Waals surface area (Å²) in [5.74, 6) is 0.0704. The third kappa shape index (κ3) is 4.52. The van der Waals surface area contributed by atoms with Crippen molar-refractivity contribution in [2.75, 3.05) is 23.8 Å². The van der Waals surface area contributed by atoms with Gasteiger partial charge in [-0.3, -0.25) is 14.3 Å². The maximum absolute atomic E-state index is 12.6. The van der Waals surface area contributed by atoms with Crippen LogP contribution in [0.25, 0.3) is 0 Å². The summed E-state index contributed by atoms with van der Waals surface area (Å²) < 4.78 is 2.24. The standard InChI is InChI=1S/C20H21BrN4O3/c21-16-8-4-7-15(11-16)12-24(9-10-26)17-18(22)25(20(28)23-19(17)27)13-14-5-2-1-3-6-14/h1-8,11,26H,9-10,12-13,22H2,(H,23,27,28). The Labute approximate surface area is 170 Å². The number of nitrogens with two attached hydrogens (primary N) is 1. The molecule has 3 aromatic rings. The highest BCUT2D eigenvalue weighted by Crippen LogP contribution is 2.21. The summed E-state index contributed by atoms with van der Waals surface area (Å²) in [6, 6.07) is 17.0. The van der Waals surface area contributed by atoms with Crippen LogP contribution in [0, 0.1) is 0 Å². The molecule has 0 radical (unpaired) electrons. The Kier molecular flexibility index (Phi) is 6.33. The van der Waals surface area contributed by atoms with E-state index in [2.05, 4.69) is 20.9 Å². The van der Waals surface area contributed by atoms with Gasteiger partial charge in [-0.05, 0) is 23.3 Å². The largest absolute Gasteiger partial charge is 0.395 e. The van der Waals surface area contributed by atoms with Gasteiger partial charge >= 0.3 is 5.69 Å². The van der Waals surface area contributed by atoms with Gasteiger partial charge in [-0.15, -0.1) is 0 Å². The lowest BCUT2D eigenvalue weighted by molar-refractivity contribution is 0.301. The van der Waals surface area contributed by atoms with Crippen molar-refractivity contribution < 1.29 is 5.11 Å². The number of aromatic amines is 1. The number of hydrogen-bond acceptors (Lipinski definition) is 5. The van der Waals surface area contributed by atoms with Gasteiger partial charge < -0.3 is 15.7 Å². The zero-order valence-electron chi connectivity index (χ0n) is 15.1. The Morgan fingerprint density at radius 3 is 2.46 bits per heavy atom. The zero-order chi connectivity index (χ0) is 20.1. The number of nitrogens with one attached hydrogen (secondary N) is 1. The van der Waals surface area contributed by atoms with Crippen LogP contribution in [-0.2, 0) is 13.1 Å². The number of aliphatic hydroxyl groups excluding tert-OH is 1. The fourth-order valence-corrected chi connectivity index (χ4v) is 3.50. The second kappa shape index (κ2) is 8.90. The van der Waals surface area contributed by atoms with Crippen molar-refractivity contribution in [2.24, 2.45) is 0 Å². The summed E-state index contributed by atoms with van der Waals surface area (Å²) in [6.07, 6.45) is 0. The van der Waals surface area contributed by atoms with Crippen molar-refractivity contribution in [1.29, 1.82) is 0 Å². The van der Waals surface area contributed by atoms with Crippen molar-refractivity contribution in [1.82, 2.24) is 9.55 Å². The molecule has 2 aromatic carbocycles. The molecule has 0 saturated heterocycles. The molecule has 7 nitrogen and oxygen atoms in total. The number of nitrogens with zero attached hydrogens (tertiary/aromatic N) is 2. The fraction of sp³-hybridized carbons (Fsp3) is 0.200. The SMILES string of the molecule is Nc1c(N(CCO)Cc2cccc(Br)c2)c(=O)[nH]c(=O)n1Cc1ccccc1. The van der Waals surface area contributed by atoms with E-state index in [1.807, 2.05) is 54.6 Å². The number of rotatable bonds is 7. The van der Waals surface area contributed by atoms with E-state index >= 15 is 0 Å². The lowest BCUT2D eigenvalue weighted by atomic mass is 10.2. The molecule has 146 valence electrons. The first-order chi connectivity index (χ1) is 13.5. The molecular formula is C20H21BrN4O3. The molecule has 0 aliphatic heterocycles. The summed E-state index contributed by atoms with van der Waals surface area (Å²) in [6.45, 7) is 0.629. The molecule has 0 unspecified atom stereocenters. The summed E-state index contributed by atoms with van der Waals surface area (Å²) in [5.41, 5.74) is 7.10. The molecule has 1 aromatic heterocycles. The quantitative estimate of drug-likeness (QED) is 0.516. The van der Waals surface area contributed by atoms with E-state index in [-0.39, 0.29) is 31.2 Å². The van der Waals surface area contributed by atoms with E-state index in [1.54, 1.807) is 4.90 Å². The minimum Gasteiger partial charge on any atom is -0.395 e. The Morgan fingerprint density at radius 2 is 1.79 bits per heavy atom. The number of nitrogen functional groups attached to an aromatic ring is 1. The monoisotopic (exact) mass is 444 g/mol. The van der Waals surface area contributed by atoms with Crippen molar-refractivity contribution >= 4 is 27.4 Å². The van der Waals surface area contributed by atoms with E-state index in [9.17, 15) is 14.7 Å². The lowest BCUT2D eigenvalue weighted by Crippen LogP contribution is -2.39. The van der Waals surface area contributed by atoms with Crippen LogP contribution in [-0.4, -0.2) is 27.8 Å². The second-order valence-electron chi connectivity index (χ2n) is 6.34. The Bertz CT molecular complexity index is 1060. The van der Waals surface area contributed by atoms with Crippen LogP contribution in [0.4, 0.5) is 11.5 Å². The summed E-state index contributed by atoms with van der Waals surface area (Å²) in [5, 5.41) is 9.50. The average Bonchev–Trinajstić information content (AvgIpc) is 2.66. The number of halogens is 1. The number of anilines is 2. The molecular weight excluding hydrogens is 424 g/mol. The van der Waals surface area contributed by atoms with Crippen LogP contribution in [0.5, 0.6) is 0 Å².